The number of benzene rings is 2. The summed E-state index contributed by atoms with van der Waals surface area (Å²) in [6.07, 6.45) is 0. The van der Waals surface area contributed by atoms with Crippen LogP contribution in [0.2, 0.25) is 0 Å². The van der Waals surface area contributed by atoms with Crippen molar-refractivity contribution in [2.24, 2.45) is 5.73 Å². The molecule has 0 fully saturated rings. The van der Waals surface area contributed by atoms with Crippen molar-refractivity contribution in [1.29, 1.82) is 5.26 Å². The number of fused-ring (bicyclic) bond motifs is 1. The second-order valence-corrected chi connectivity index (χ2v) is 6.65. The molecule has 0 aliphatic carbocycles. The number of aromatic nitrogens is 2. The Labute approximate surface area is 168 Å². The minimum absolute atomic E-state index is 0.0547. The number of hydrogen-bond donors (Lipinski definition) is 2. The van der Waals surface area contributed by atoms with E-state index in [9.17, 15) is 5.26 Å². The van der Waals surface area contributed by atoms with Crippen LogP contribution >= 0.6 is 0 Å². The molecule has 0 amide bonds. The van der Waals surface area contributed by atoms with Gasteiger partial charge in [0.15, 0.2) is 11.5 Å². The molecule has 1 atom stereocenters. The van der Waals surface area contributed by atoms with Crippen molar-refractivity contribution >= 4 is 0 Å². The number of H-pyrrole nitrogens is 1. The van der Waals surface area contributed by atoms with Gasteiger partial charge in [-0.1, -0.05) is 36.4 Å². The van der Waals surface area contributed by atoms with Crippen LogP contribution in [0.25, 0.3) is 0 Å². The summed E-state index contributed by atoms with van der Waals surface area (Å²) in [5, 5.41) is 9.69. The van der Waals surface area contributed by atoms with Crippen molar-refractivity contribution in [2.75, 3.05) is 7.11 Å². The lowest BCUT2D eigenvalue weighted by atomic mass is 9.87. The number of rotatable bonds is 5. The highest BCUT2D eigenvalue weighted by atomic mass is 16.5. The first-order valence-electron chi connectivity index (χ1n) is 9.09. The number of aryl methyl sites for hydroxylation is 1. The highest BCUT2D eigenvalue weighted by Crippen LogP contribution is 2.42. The van der Waals surface area contributed by atoms with Gasteiger partial charge in [0.05, 0.1) is 18.7 Å². The number of nitrogens with one attached hydrogen (secondary N) is 1. The number of nitrogens with two attached hydrogens (primary N) is 1. The van der Waals surface area contributed by atoms with E-state index in [2.05, 4.69) is 16.0 Å². The Hall–Kier alpha value is -3.92. The third kappa shape index (κ3) is 3.48. The number of imidazole rings is 1. The van der Waals surface area contributed by atoms with E-state index in [1.54, 1.807) is 7.11 Å². The van der Waals surface area contributed by atoms with Crippen molar-refractivity contribution in [3.05, 3.63) is 82.6 Å². The Kier molecular flexibility index (Phi) is 4.83. The molecule has 3 aromatic rings. The van der Waals surface area contributed by atoms with Crippen LogP contribution in [0.5, 0.6) is 17.4 Å². The lowest BCUT2D eigenvalue weighted by molar-refractivity contribution is 0.284. The Morgan fingerprint density at radius 3 is 2.72 bits per heavy atom. The zero-order valence-electron chi connectivity index (χ0n) is 16.1. The topological polar surface area (TPSA) is 106 Å². The Morgan fingerprint density at radius 2 is 2.00 bits per heavy atom. The van der Waals surface area contributed by atoms with E-state index in [-0.39, 0.29) is 5.88 Å². The Morgan fingerprint density at radius 1 is 1.21 bits per heavy atom. The largest absolute Gasteiger partial charge is 0.493 e. The van der Waals surface area contributed by atoms with Crippen LogP contribution in [0.1, 0.15) is 28.6 Å². The molecule has 0 spiro atoms. The molecule has 7 nitrogen and oxygen atoms in total. The molecule has 29 heavy (non-hydrogen) atoms. The van der Waals surface area contributed by atoms with E-state index in [0.717, 1.165) is 11.1 Å². The van der Waals surface area contributed by atoms with Gasteiger partial charge in [0.25, 0.3) is 0 Å². The summed E-state index contributed by atoms with van der Waals surface area (Å²) in [5.74, 6) is 1.86. The second kappa shape index (κ2) is 7.60. The number of allylic oxidation sites excluding steroid dienone is 1. The molecule has 0 unspecified atom stereocenters. The molecule has 3 N–H and O–H groups in total. The predicted molar refractivity (Wildman–Crippen MR) is 106 cm³/mol. The van der Waals surface area contributed by atoms with Crippen LogP contribution in [0, 0.1) is 18.3 Å². The molecule has 0 radical (unpaired) electrons. The first kappa shape index (κ1) is 18.4. The van der Waals surface area contributed by atoms with E-state index < -0.39 is 5.92 Å². The molecule has 7 heteroatoms. The Bertz CT molecular complexity index is 1110. The molecule has 0 saturated heterocycles. The number of nitrogens with zero attached hydrogens (tertiary/aromatic N) is 2. The monoisotopic (exact) mass is 388 g/mol. The first-order chi connectivity index (χ1) is 14.1. The average molecular weight is 388 g/mol. The van der Waals surface area contributed by atoms with Gasteiger partial charge in [0, 0.05) is 0 Å². The van der Waals surface area contributed by atoms with Crippen LogP contribution in [-0.2, 0) is 6.61 Å². The first-order valence-corrected chi connectivity index (χ1v) is 9.09. The number of methoxy groups -OCH3 is 1. The van der Waals surface area contributed by atoms with Gasteiger partial charge in [-0.05, 0) is 30.2 Å². The molecule has 0 bridgehead atoms. The van der Waals surface area contributed by atoms with Gasteiger partial charge in [-0.3, -0.25) is 0 Å². The highest BCUT2D eigenvalue weighted by molar-refractivity contribution is 5.54. The van der Waals surface area contributed by atoms with Gasteiger partial charge in [0.2, 0.25) is 11.8 Å². The maximum absolute atomic E-state index is 9.69. The van der Waals surface area contributed by atoms with Crippen molar-refractivity contribution in [3.8, 4) is 23.4 Å². The fourth-order valence-corrected chi connectivity index (χ4v) is 3.38. The van der Waals surface area contributed by atoms with Crippen LogP contribution in [0.3, 0.4) is 0 Å². The van der Waals surface area contributed by atoms with Gasteiger partial charge in [-0.25, -0.2) is 0 Å². The Balaban J connectivity index is 1.74. The molecule has 0 saturated carbocycles. The van der Waals surface area contributed by atoms with Crippen molar-refractivity contribution < 1.29 is 14.2 Å². The number of ether oxygens (including phenoxy) is 3. The average Bonchev–Trinajstić information content (AvgIpc) is 3.11. The van der Waals surface area contributed by atoms with Crippen LogP contribution in [0.4, 0.5) is 0 Å². The molecule has 4 rings (SSSR count). The quantitative estimate of drug-likeness (QED) is 0.693. The van der Waals surface area contributed by atoms with Crippen molar-refractivity contribution in [3.63, 3.8) is 0 Å². The molecule has 1 aliphatic rings. The summed E-state index contributed by atoms with van der Waals surface area (Å²) in [4.78, 5) is 7.51. The molecule has 146 valence electrons. The fraction of sp³-hybridized carbons (Fsp3) is 0.182. The number of nitriles is 1. The van der Waals surface area contributed by atoms with Crippen LogP contribution in [0.15, 0.2) is 60.0 Å². The fourth-order valence-electron chi connectivity index (χ4n) is 3.38. The number of hydrogen-bond acceptors (Lipinski definition) is 6. The molecule has 2 aromatic carbocycles. The maximum Gasteiger partial charge on any atom is 0.243 e. The third-order valence-corrected chi connectivity index (χ3v) is 4.74. The van der Waals surface area contributed by atoms with E-state index in [0.29, 0.717) is 41.1 Å². The summed E-state index contributed by atoms with van der Waals surface area (Å²) < 4.78 is 17.0. The number of aromatic amines is 1. The summed E-state index contributed by atoms with van der Waals surface area (Å²) in [6.45, 7) is 2.22. The molecule has 1 aromatic heterocycles. The van der Waals surface area contributed by atoms with E-state index in [4.69, 9.17) is 19.9 Å². The van der Waals surface area contributed by atoms with Gasteiger partial charge in [-0.2, -0.15) is 10.2 Å². The lowest BCUT2D eigenvalue weighted by Crippen LogP contribution is -2.21. The van der Waals surface area contributed by atoms with Crippen molar-refractivity contribution in [2.45, 2.75) is 19.4 Å². The third-order valence-electron chi connectivity index (χ3n) is 4.74. The lowest BCUT2D eigenvalue weighted by Gasteiger charge is -2.23. The normalized spacial score (nSPS) is 15.3. The predicted octanol–water partition coefficient (Wildman–Crippen LogP) is 3.52. The van der Waals surface area contributed by atoms with Gasteiger partial charge in [0.1, 0.15) is 24.1 Å². The summed E-state index contributed by atoms with van der Waals surface area (Å²) in [7, 11) is 1.59. The minimum Gasteiger partial charge on any atom is -0.493 e. The van der Waals surface area contributed by atoms with E-state index in [1.165, 1.54) is 0 Å². The molecule has 1 aliphatic heterocycles. The SMILES string of the molecule is COc1ccc([C@H]2C(C#N)=C(N)Oc3nc(C)[nH]c32)cc1OCc1ccccc1. The summed E-state index contributed by atoms with van der Waals surface area (Å²) in [6, 6.07) is 17.6. The van der Waals surface area contributed by atoms with Gasteiger partial charge >= 0.3 is 0 Å². The standard InChI is InChI=1S/C22H20N4O3/c1-13-25-20-19(16(11-23)21(24)29-22(20)26-13)15-8-9-17(27-2)18(10-15)28-12-14-6-4-3-5-7-14/h3-10,19H,12,24H2,1-2H3,(H,25,26)/t19-/m0/s1. The van der Waals surface area contributed by atoms with Gasteiger partial charge in [-0.15, -0.1) is 0 Å². The van der Waals surface area contributed by atoms with Crippen LogP contribution in [-0.4, -0.2) is 17.1 Å². The second-order valence-electron chi connectivity index (χ2n) is 6.65. The van der Waals surface area contributed by atoms with E-state index in [1.807, 2.05) is 55.5 Å². The zero-order chi connectivity index (χ0) is 20.4. The summed E-state index contributed by atoms with van der Waals surface area (Å²) in [5.41, 5.74) is 8.86. The van der Waals surface area contributed by atoms with Crippen molar-refractivity contribution in [1.82, 2.24) is 9.97 Å². The zero-order valence-corrected chi connectivity index (χ0v) is 16.1. The molecule has 2 heterocycles. The van der Waals surface area contributed by atoms with Crippen LogP contribution < -0.4 is 19.9 Å². The summed E-state index contributed by atoms with van der Waals surface area (Å²) >= 11 is 0. The minimum atomic E-state index is -0.435. The molecular weight excluding hydrogens is 368 g/mol. The molecular formula is C22H20N4O3. The van der Waals surface area contributed by atoms with E-state index >= 15 is 0 Å². The van der Waals surface area contributed by atoms with Gasteiger partial charge < -0.3 is 24.9 Å². The highest BCUT2D eigenvalue weighted by Gasteiger charge is 2.33. The maximum atomic E-state index is 9.69. The smallest absolute Gasteiger partial charge is 0.243 e.